The molecule has 1 aromatic heterocycles. The molecule has 2 N–H and O–H groups in total. The molecule has 9 heteroatoms. The van der Waals surface area contributed by atoms with Gasteiger partial charge in [0.25, 0.3) is 5.91 Å². The highest BCUT2D eigenvalue weighted by Crippen LogP contribution is 2.30. The van der Waals surface area contributed by atoms with E-state index in [9.17, 15) is 14.0 Å². The molecule has 0 radical (unpaired) electrons. The molecule has 3 rings (SSSR count). The van der Waals surface area contributed by atoms with Gasteiger partial charge in [-0.05, 0) is 24.6 Å². The van der Waals surface area contributed by atoms with Gasteiger partial charge in [-0.15, -0.1) is 0 Å². The number of aromatic nitrogens is 1. The maximum atomic E-state index is 13.4. The third-order valence-corrected chi connectivity index (χ3v) is 4.76. The number of benzene rings is 1. The Morgan fingerprint density at radius 1 is 1.48 bits per heavy atom. The zero-order chi connectivity index (χ0) is 21.2. The van der Waals surface area contributed by atoms with E-state index in [2.05, 4.69) is 15.3 Å². The number of amides is 2. The lowest BCUT2D eigenvalue weighted by Crippen LogP contribution is -2.50. The summed E-state index contributed by atoms with van der Waals surface area (Å²) in [6, 6.07) is 4.76. The monoisotopic (exact) mass is 399 g/mol. The van der Waals surface area contributed by atoms with Crippen LogP contribution < -0.4 is 5.32 Å². The van der Waals surface area contributed by atoms with E-state index < -0.39 is 23.2 Å². The van der Waals surface area contributed by atoms with E-state index >= 15 is 0 Å². The first-order valence-electron chi connectivity index (χ1n) is 9.08. The van der Waals surface area contributed by atoms with Crippen LogP contribution in [0.5, 0.6) is 0 Å². The Balaban J connectivity index is 1.75. The minimum absolute atomic E-state index is 0.0281. The van der Waals surface area contributed by atoms with Crippen LogP contribution in [-0.2, 0) is 4.79 Å². The first-order valence-corrected chi connectivity index (χ1v) is 9.08. The van der Waals surface area contributed by atoms with Crippen molar-refractivity contribution in [3.8, 4) is 11.5 Å². The maximum absolute atomic E-state index is 13.4. The minimum atomic E-state index is -0.903. The van der Waals surface area contributed by atoms with Gasteiger partial charge < -0.3 is 9.73 Å². The van der Waals surface area contributed by atoms with E-state index in [0.29, 0.717) is 18.5 Å². The fourth-order valence-corrected chi connectivity index (χ4v) is 3.04. The lowest BCUT2D eigenvalue weighted by molar-refractivity contribution is -0.131. The number of oxazole rings is 1. The predicted molar refractivity (Wildman–Crippen MR) is 105 cm³/mol. The molecule has 152 valence electrons. The van der Waals surface area contributed by atoms with Gasteiger partial charge in [0.15, 0.2) is 5.69 Å². The highest BCUT2D eigenvalue weighted by Gasteiger charge is 2.41. The summed E-state index contributed by atoms with van der Waals surface area (Å²) in [5, 5.41) is 11.0. The number of hydrogen-bond donors (Lipinski definition) is 2. The molecule has 1 atom stereocenters. The number of nitrogens with zero attached hydrogens (tertiary/aromatic N) is 3. The second kappa shape index (κ2) is 7.94. The van der Waals surface area contributed by atoms with Crippen LogP contribution >= 0.6 is 0 Å². The molecule has 1 aliphatic heterocycles. The second-order valence-corrected chi connectivity index (χ2v) is 7.38. The molecular weight excluding hydrogens is 377 g/mol. The Kier molecular flexibility index (Phi) is 5.58. The number of rotatable bonds is 5. The molecule has 1 unspecified atom stereocenters. The van der Waals surface area contributed by atoms with Gasteiger partial charge >= 0.3 is 0 Å². The van der Waals surface area contributed by atoms with Gasteiger partial charge in [-0.2, -0.15) is 0 Å². The number of amidine groups is 1. The van der Waals surface area contributed by atoms with Crippen LogP contribution in [0, 0.1) is 16.6 Å². The quantitative estimate of drug-likeness (QED) is 0.594. The van der Waals surface area contributed by atoms with Crippen LogP contribution in [0.15, 0.2) is 39.9 Å². The highest BCUT2D eigenvalue weighted by atomic mass is 19.1. The normalized spacial score (nSPS) is 17.0. The number of carbonyl (C=O) groups is 2. The van der Waals surface area contributed by atoms with E-state index in [1.54, 1.807) is 6.07 Å². The summed E-state index contributed by atoms with van der Waals surface area (Å²) in [5.41, 5.74) is -0.177. The van der Waals surface area contributed by atoms with Gasteiger partial charge in [-0.3, -0.25) is 24.9 Å². The second-order valence-electron chi connectivity index (χ2n) is 7.38. The number of nitrogens with one attached hydrogen (secondary N) is 2. The fourth-order valence-electron chi connectivity index (χ4n) is 3.04. The Morgan fingerprint density at radius 2 is 2.24 bits per heavy atom. The third-order valence-electron chi connectivity index (χ3n) is 4.76. The SMILES string of the molecule is CN=CC(NC(=O)c1coc(-c2cccc(F)c2)n1)C(=N)N1CCC(C)(C)C1=O. The molecule has 2 heterocycles. The van der Waals surface area contributed by atoms with Crippen molar-refractivity contribution in [3.05, 3.63) is 42.0 Å². The van der Waals surface area contributed by atoms with E-state index in [4.69, 9.17) is 9.83 Å². The van der Waals surface area contributed by atoms with Crippen molar-refractivity contribution in [1.82, 2.24) is 15.2 Å². The summed E-state index contributed by atoms with van der Waals surface area (Å²) in [6.45, 7) is 4.06. The van der Waals surface area contributed by atoms with Crippen molar-refractivity contribution >= 4 is 23.9 Å². The van der Waals surface area contributed by atoms with E-state index in [-0.39, 0.29) is 23.3 Å². The smallest absolute Gasteiger partial charge is 0.274 e. The Labute approximate surface area is 167 Å². The zero-order valence-electron chi connectivity index (χ0n) is 16.4. The van der Waals surface area contributed by atoms with Crippen molar-refractivity contribution < 1.29 is 18.4 Å². The van der Waals surface area contributed by atoms with E-state index in [0.717, 1.165) is 6.26 Å². The number of hydrogen-bond acceptors (Lipinski definition) is 6. The van der Waals surface area contributed by atoms with Gasteiger partial charge in [0.2, 0.25) is 11.8 Å². The standard InChI is InChI=1S/C20H22FN5O3/c1-20(2)7-8-26(19(20)28)16(22)14(10-23-3)24-17(27)15-11-29-18(25-15)12-5-4-6-13(21)9-12/h4-6,9-11,14,22H,7-8H2,1-3H3,(H,24,27). The largest absolute Gasteiger partial charge is 0.444 e. The molecule has 1 aromatic carbocycles. The Morgan fingerprint density at radius 3 is 2.86 bits per heavy atom. The summed E-state index contributed by atoms with van der Waals surface area (Å²) in [6.07, 6.45) is 3.16. The predicted octanol–water partition coefficient (Wildman–Crippen LogP) is 2.52. The van der Waals surface area contributed by atoms with Crippen LogP contribution in [0.1, 0.15) is 30.8 Å². The van der Waals surface area contributed by atoms with Gasteiger partial charge in [0.05, 0.1) is 0 Å². The first kappa shape index (κ1) is 20.4. The van der Waals surface area contributed by atoms with Gasteiger partial charge in [-0.25, -0.2) is 9.37 Å². The van der Waals surface area contributed by atoms with Crippen molar-refractivity contribution in [2.75, 3.05) is 13.6 Å². The van der Waals surface area contributed by atoms with E-state index in [1.807, 2.05) is 13.8 Å². The van der Waals surface area contributed by atoms with Crippen LogP contribution in [-0.4, -0.2) is 53.4 Å². The number of aliphatic imine (C=N–C) groups is 1. The van der Waals surface area contributed by atoms with E-state index in [1.165, 1.54) is 36.4 Å². The third kappa shape index (κ3) is 4.23. The maximum Gasteiger partial charge on any atom is 0.274 e. The molecule has 8 nitrogen and oxygen atoms in total. The van der Waals surface area contributed by atoms with Crippen molar-refractivity contribution in [2.45, 2.75) is 26.3 Å². The molecule has 29 heavy (non-hydrogen) atoms. The zero-order valence-corrected chi connectivity index (χ0v) is 16.4. The number of halogens is 1. The molecule has 2 aromatic rings. The molecule has 0 spiro atoms. The fraction of sp³-hybridized carbons (Fsp3) is 0.350. The Bertz CT molecular complexity index is 982. The molecule has 1 fully saturated rings. The van der Waals surface area contributed by atoms with Crippen molar-refractivity contribution in [1.29, 1.82) is 5.41 Å². The van der Waals surface area contributed by atoms with Crippen LogP contribution in [0.2, 0.25) is 0 Å². The molecule has 1 aliphatic rings. The number of carbonyl (C=O) groups excluding carboxylic acids is 2. The molecule has 0 saturated carbocycles. The van der Waals surface area contributed by atoms with Gasteiger partial charge in [0, 0.05) is 30.8 Å². The Hall–Kier alpha value is -3.36. The van der Waals surface area contributed by atoms with Crippen LogP contribution in [0.25, 0.3) is 11.5 Å². The average molecular weight is 399 g/mol. The summed E-state index contributed by atoms with van der Waals surface area (Å²) < 4.78 is 18.7. The van der Waals surface area contributed by atoms with Gasteiger partial charge in [-0.1, -0.05) is 19.9 Å². The number of likely N-dealkylation sites (tertiary alicyclic amines) is 1. The first-order chi connectivity index (χ1) is 13.7. The lowest BCUT2D eigenvalue weighted by atomic mass is 9.92. The van der Waals surface area contributed by atoms with Crippen LogP contribution in [0.3, 0.4) is 0 Å². The summed E-state index contributed by atoms with van der Waals surface area (Å²) in [4.78, 5) is 34.4. The molecule has 0 aliphatic carbocycles. The van der Waals surface area contributed by atoms with Gasteiger partial charge in [0.1, 0.15) is 24.0 Å². The van der Waals surface area contributed by atoms with Crippen LogP contribution in [0.4, 0.5) is 4.39 Å². The topological polar surface area (TPSA) is 112 Å². The molecular formula is C20H22FN5O3. The lowest BCUT2D eigenvalue weighted by Gasteiger charge is -2.24. The molecule has 1 saturated heterocycles. The highest BCUT2D eigenvalue weighted by molar-refractivity contribution is 6.11. The summed E-state index contributed by atoms with van der Waals surface area (Å²) in [5.74, 6) is -1.18. The summed E-state index contributed by atoms with van der Waals surface area (Å²) in [7, 11) is 1.51. The minimum Gasteiger partial charge on any atom is -0.444 e. The molecule has 2 amide bonds. The average Bonchev–Trinajstić information content (AvgIpc) is 3.27. The summed E-state index contributed by atoms with van der Waals surface area (Å²) >= 11 is 0. The van der Waals surface area contributed by atoms with Crippen molar-refractivity contribution in [2.24, 2.45) is 10.4 Å². The molecule has 0 bridgehead atoms. The van der Waals surface area contributed by atoms with Crippen molar-refractivity contribution in [3.63, 3.8) is 0 Å².